The lowest BCUT2D eigenvalue weighted by atomic mass is 9.96. The van der Waals surface area contributed by atoms with Gasteiger partial charge >= 0.3 is 0 Å². The van der Waals surface area contributed by atoms with Crippen molar-refractivity contribution in [3.8, 4) is 0 Å². The van der Waals surface area contributed by atoms with Gasteiger partial charge in [-0.25, -0.2) is 9.97 Å². The number of hydrogen-bond donors (Lipinski definition) is 1. The van der Waals surface area contributed by atoms with E-state index in [9.17, 15) is 4.79 Å². The van der Waals surface area contributed by atoms with E-state index in [1.807, 2.05) is 18.7 Å². The Morgan fingerprint density at radius 2 is 2.05 bits per heavy atom. The molecule has 3 rings (SSSR count). The first-order valence-corrected chi connectivity index (χ1v) is 7.68. The normalized spacial score (nSPS) is 13.8. The quantitative estimate of drug-likeness (QED) is 0.935. The third-order valence-electron chi connectivity index (χ3n) is 4.06. The number of hydrogen-bond acceptors (Lipinski definition) is 4. The van der Waals surface area contributed by atoms with Gasteiger partial charge in [-0.15, -0.1) is 0 Å². The van der Waals surface area contributed by atoms with Crippen LogP contribution < -0.4 is 5.32 Å². The summed E-state index contributed by atoms with van der Waals surface area (Å²) in [5.41, 5.74) is 4.82. The summed E-state index contributed by atoms with van der Waals surface area (Å²) in [5, 5.41) is 7.53. The molecule has 0 spiro atoms. The van der Waals surface area contributed by atoms with E-state index in [-0.39, 0.29) is 5.91 Å². The Hall–Kier alpha value is -2.24. The molecular weight excluding hydrogens is 278 g/mol. The number of aromatic nitrogens is 4. The fraction of sp³-hybridized carbons (Fsp3) is 0.500. The number of aryl methyl sites for hydroxylation is 4. The van der Waals surface area contributed by atoms with Crippen LogP contribution in [-0.4, -0.2) is 25.7 Å². The molecule has 116 valence electrons. The van der Waals surface area contributed by atoms with Gasteiger partial charge in [0.05, 0.1) is 17.9 Å². The van der Waals surface area contributed by atoms with Crippen molar-refractivity contribution in [2.45, 2.75) is 46.1 Å². The third kappa shape index (κ3) is 2.86. The largest absolute Gasteiger partial charge is 0.345 e. The lowest BCUT2D eigenvalue weighted by Crippen LogP contribution is -2.26. The molecule has 0 radical (unpaired) electrons. The SMILES string of the molecule is Cc1cc(C(=O)NCc2c3c(nn2C)CCCC3)nc(C)n1. The van der Waals surface area contributed by atoms with Gasteiger partial charge < -0.3 is 5.32 Å². The summed E-state index contributed by atoms with van der Waals surface area (Å²) in [4.78, 5) is 20.7. The summed E-state index contributed by atoms with van der Waals surface area (Å²) in [5.74, 6) is 0.447. The van der Waals surface area contributed by atoms with Crippen LogP contribution in [0.1, 0.15) is 51.8 Å². The van der Waals surface area contributed by atoms with Crippen molar-refractivity contribution in [2.75, 3.05) is 0 Å². The molecule has 1 aliphatic rings. The first kappa shape index (κ1) is 14.7. The van der Waals surface area contributed by atoms with Gasteiger partial charge in [0.1, 0.15) is 11.5 Å². The van der Waals surface area contributed by atoms with Gasteiger partial charge in [0, 0.05) is 12.7 Å². The maximum Gasteiger partial charge on any atom is 0.270 e. The number of nitrogens with zero attached hydrogens (tertiary/aromatic N) is 4. The van der Waals surface area contributed by atoms with Crippen LogP contribution in [0.4, 0.5) is 0 Å². The van der Waals surface area contributed by atoms with E-state index in [2.05, 4.69) is 20.4 Å². The maximum absolute atomic E-state index is 12.3. The molecule has 2 heterocycles. The summed E-state index contributed by atoms with van der Waals surface area (Å²) >= 11 is 0. The topological polar surface area (TPSA) is 72.7 Å². The predicted molar refractivity (Wildman–Crippen MR) is 82.5 cm³/mol. The average molecular weight is 299 g/mol. The first-order valence-electron chi connectivity index (χ1n) is 7.68. The highest BCUT2D eigenvalue weighted by atomic mass is 16.1. The standard InChI is InChI=1S/C16H21N5O/c1-10-8-14(19-11(2)18-10)16(22)17-9-15-12-6-4-5-7-13(12)20-21(15)3/h8H,4-7,9H2,1-3H3,(H,17,22). The Labute approximate surface area is 130 Å². The smallest absolute Gasteiger partial charge is 0.270 e. The molecule has 1 aliphatic carbocycles. The monoisotopic (exact) mass is 299 g/mol. The van der Waals surface area contributed by atoms with Crippen LogP contribution in [0.2, 0.25) is 0 Å². The van der Waals surface area contributed by atoms with Crippen LogP contribution in [0.15, 0.2) is 6.07 Å². The molecule has 1 amide bonds. The van der Waals surface area contributed by atoms with Crippen LogP contribution in [0.25, 0.3) is 0 Å². The molecular formula is C16H21N5O. The van der Waals surface area contributed by atoms with Crippen molar-refractivity contribution in [3.05, 3.63) is 40.2 Å². The molecule has 0 atom stereocenters. The van der Waals surface area contributed by atoms with Gasteiger partial charge in [-0.3, -0.25) is 9.48 Å². The second-order valence-electron chi connectivity index (χ2n) is 5.83. The fourth-order valence-corrected chi connectivity index (χ4v) is 3.06. The minimum atomic E-state index is -0.167. The zero-order valence-electron chi connectivity index (χ0n) is 13.3. The highest BCUT2D eigenvalue weighted by molar-refractivity contribution is 5.92. The molecule has 2 aromatic rings. The van der Waals surface area contributed by atoms with Crippen molar-refractivity contribution in [2.24, 2.45) is 7.05 Å². The van der Waals surface area contributed by atoms with Crippen molar-refractivity contribution >= 4 is 5.91 Å². The highest BCUT2D eigenvalue weighted by Gasteiger charge is 2.19. The van der Waals surface area contributed by atoms with Gasteiger partial charge in [-0.1, -0.05) is 0 Å². The van der Waals surface area contributed by atoms with E-state index in [0.29, 0.717) is 18.1 Å². The lowest BCUT2D eigenvalue weighted by molar-refractivity contribution is 0.0944. The molecule has 0 bridgehead atoms. The van der Waals surface area contributed by atoms with Crippen molar-refractivity contribution in [1.29, 1.82) is 0 Å². The second kappa shape index (κ2) is 5.87. The number of carbonyl (C=O) groups is 1. The predicted octanol–water partition coefficient (Wildman–Crippen LogP) is 1.64. The molecule has 6 heteroatoms. The minimum Gasteiger partial charge on any atom is -0.345 e. The second-order valence-corrected chi connectivity index (χ2v) is 5.83. The van der Waals surface area contributed by atoms with Gasteiger partial charge in [0.25, 0.3) is 5.91 Å². The number of nitrogens with one attached hydrogen (secondary N) is 1. The Morgan fingerprint density at radius 1 is 1.27 bits per heavy atom. The zero-order valence-corrected chi connectivity index (χ0v) is 13.3. The Kier molecular flexibility index (Phi) is 3.92. The molecule has 0 aliphatic heterocycles. The van der Waals surface area contributed by atoms with Crippen LogP contribution in [0.3, 0.4) is 0 Å². The number of rotatable bonds is 3. The molecule has 6 nitrogen and oxygen atoms in total. The molecule has 0 fully saturated rings. The Balaban J connectivity index is 1.75. The maximum atomic E-state index is 12.3. The molecule has 22 heavy (non-hydrogen) atoms. The summed E-state index contributed by atoms with van der Waals surface area (Å²) in [7, 11) is 1.94. The summed E-state index contributed by atoms with van der Waals surface area (Å²) in [6, 6.07) is 1.71. The molecule has 0 aromatic carbocycles. The van der Waals surface area contributed by atoms with E-state index in [0.717, 1.165) is 24.2 Å². The molecule has 2 aromatic heterocycles. The van der Waals surface area contributed by atoms with Crippen molar-refractivity contribution in [1.82, 2.24) is 25.1 Å². The Morgan fingerprint density at radius 3 is 2.82 bits per heavy atom. The van der Waals surface area contributed by atoms with E-state index < -0.39 is 0 Å². The van der Waals surface area contributed by atoms with Crippen LogP contribution >= 0.6 is 0 Å². The van der Waals surface area contributed by atoms with E-state index in [1.165, 1.54) is 24.1 Å². The minimum absolute atomic E-state index is 0.167. The van der Waals surface area contributed by atoms with E-state index in [4.69, 9.17) is 0 Å². The van der Waals surface area contributed by atoms with Gasteiger partial charge in [-0.2, -0.15) is 5.10 Å². The van der Waals surface area contributed by atoms with Gasteiger partial charge in [-0.05, 0) is 51.2 Å². The number of fused-ring (bicyclic) bond motifs is 1. The first-order chi connectivity index (χ1) is 10.5. The lowest BCUT2D eigenvalue weighted by Gasteiger charge is -2.12. The molecule has 0 saturated heterocycles. The van der Waals surface area contributed by atoms with Crippen LogP contribution in [-0.2, 0) is 26.4 Å². The van der Waals surface area contributed by atoms with Crippen LogP contribution in [0, 0.1) is 13.8 Å². The van der Waals surface area contributed by atoms with Gasteiger partial charge in [0.15, 0.2) is 0 Å². The molecule has 1 N–H and O–H groups in total. The summed E-state index contributed by atoms with van der Waals surface area (Å²) < 4.78 is 1.90. The summed E-state index contributed by atoms with van der Waals surface area (Å²) in [6.45, 7) is 4.14. The zero-order chi connectivity index (χ0) is 15.7. The van der Waals surface area contributed by atoms with Crippen LogP contribution in [0.5, 0.6) is 0 Å². The fourth-order valence-electron chi connectivity index (χ4n) is 3.06. The Bertz CT molecular complexity index is 699. The number of amides is 1. The van der Waals surface area contributed by atoms with E-state index >= 15 is 0 Å². The molecule has 0 saturated carbocycles. The molecule has 0 unspecified atom stereocenters. The summed E-state index contributed by atoms with van der Waals surface area (Å²) in [6.07, 6.45) is 4.50. The third-order valence-corrected chi connectivity index (χ3v) is 4.06. The van der Waals surface area contributed by atoms with E-state index in [1.54, 1.807) is 13.0 Å². The average Bonchev–Trinajstić information content (AvgIpc) is 2.79. The van der Waals surface area contributed by atoms with Gasteiger partial charge in [0.2, 0.25) is 0 Å². The van der Waals surface area contributed by atoms with Crippen molar-refractivity contribution in [3.63, 3.8) is 0 Å². The number of carbonyl (C=O) groups excluding carboxylic acids is 1. The van der Waals surface area contributed by atoms with Crippen molar-refractivity contribution < 1.29 is 4.79 Å². The highest BCUT2D eigenvalue weighted by Crippen LogP contribution is 2.23.